The first kappa shape index (κ1) is 16.8. The zero-order valence-corrected chi connectivity index (χ0v) is 15.6. The molecule has 1 aliphatic heterocycles. The van der Waals surface area contributed by atoms with Crippen LogP contribution in [0.3, 0.4) is 0 Å². The van der Waals surface area contributed by atoms with E-state index in [0.717, 1.165) is 59.7 Å². The highest BCUT2D eigenvalue weighted by molar-refractivity contribution is 5.96. The zero-order chi connectivity index (χ0) is 18.3. The Kier molecular flexibility index (Phi) is 4.23. The quantitative estimate of drug-likeness (QED) is 0.725. The Morgan fingerprint density at radius 1 is 1.27 bits per heavy atom. The lowest BCUT2D eigenvalue weighted by Crippen LogP contribution is -2.29. The summed E-state index contributed by atoms with van der Waals surface area (Å²) < 4.78 is 2.19. The van der Waals surface area contributed by atoms with E-state index in [1.807, 2.05) is 49.2 Å². The van der Waals surface area contributed by atoms with Gasteiger partial charge in [0.25, 0.3) is 5.91 Å². The van der Waals surface area contributed by atoms with Gasteiger partial charge in [0.1, 0.15) is 11.3 Å². The third kappa shape index (κ3) is 2.77. The number of imidazole rings is 1. The molecule has 0 aliphatic carbocycles. The molecule has 3 heterocycles. The van der Waals surface area contributed by atoms with Crippen LogP contribution in [0, 0.1) is 13.8 Å². The van der Waals surface area contributed by atoms with Gasteiger partial charge in [-0.15, -0.1) is 0 Å². The highest BCUT2D eigenvalue weighted by atomic mass is 16.2. The number of hydrogen-bond donors (Lipinski definition) is 0. The maximum Gasteiger partial charge on any atom is 0.254 e. The van der Waals surface area contributed by atoms with E-state index in [-0.39, 0.29) is 11.8 Å². The van der Waals surface area contributed by atoms with Crippen molar-refractivity contribution in [1.82, 2.24) is 19.4 Å². The summed E-state index contributed by atoms with van der Waals surface area (Å²) in [6, 6.07) is 10.0. The van der Waals surface area contributed by atoms with Gasteiger partial charge in [0.15, 0.2) is 5.65 Å². The maximum atomic E-state index is 13.0. The predicted molar refractivity (Wildman–Crippen MR) is 102 cm³/mol. The van der Waals surface area contributed by atoms with Crippen LogP contribution in [0.1, 0.15) is 46.6 Å². The number of benzene rings is 1. The normalized spacial score (nSPS) is 17.2. The van der Waals surface area contributed by atoms with E-state index < -0.39 is 0 Å². The molecule has 134 valence electrons. The minimum absolute atomic E-state index is 0.131. The van der Waals surface area contributed by atoms with E-state index in [0.29, 0.717) is 0 Å². The van der Waals surface area contributed by atoms with Gasteiger partial charge in [0.2, 0.25) is 0 Å². The fourth-order valence-corrected chi connectivity index (χ4v) is 3.89. The minimum atomic E-state index is 0.131. The van der Waals surface area contributed by atoms with Crippen LogP contribution in [0.5, 0.6) is 0 Å². The second-order valence-corrected chi connectivity index (χ2v) is 7.12. The number of pyridine rings is 1. The van der Waals surface area contributed by atoms with Gasteiger partial charge in [-0.1, -0.05) is 17.7 Å². The second-order valence-electron chi connectivity index (χ2n) is 7.12. The fraction of sp³-hybridized carbons (Fsp3) is 0.381. The lowest BCUT2D eigenvalue weighted by Gasteiger charge is -2.18. The van der Waals surface area contributed by atoms with Crippen LogP contribution in [-0.4, -0.2) is 38.4 Å². The Bertz CT molecular complexity index is 975. The molecule has 5 nitrogen and oxygen atoms in total. The monoisotopic (exact) mass is 348 g/mol. The molecule has 4 rings (SSSR count). The van der Waals surface area contributed by atoms with E-state index in [2.05, 4.69) is 22.5 Å². The van der Waals surface area contributed by atoms with Gasteiger partial charge < -0.3 is 9.47 Å². The molecule has 1 aliphatic rings. The van der Waals surface area contributed by atoms with E-state index in [4.69, 9.17) is 4.98 Å². The van der Waals surface area contributed by atoms with Crippen molar-refractivity contribution in [2.24, 2.45) is 0 Å². The van der Waals surface area contributed by atoms with Gasteiger partial charge >= 0.3 is 0 Å². The second kappa shape index (κ2) is 6.56. The number of amides is 1. The molecule has 26 heavy (non-hydrogen) atoms. The molecule has 0 N–H and O–H groups in total. The van der Waals surface area contributed by atoms with Crippen molar-refractivity contribution >= 4 is 17.1 Å². The predicted octanol–water partition coefficient (Wildman–Crippen LogP) is 3.70. The summed E-state index contributed by atoms with van der Waals surface area (Å²) in [6.45, 7) is 8.48. The molecule has 5 heteroatoms. The summed E-state index contributed by atoms with van der Waals surface area (Å²) in [5.41, 5.74) is 4.84. The first-order chi connectivity index (χ1) is 12.6. The summed E-state index contributed by atoms with van der Waals surface area (Å²) in [5.74, 6) is 1.45. The number of nitrogens with zero attached hydrogens (tertiary/aromatic N) is 4. The van der Waals surface area contributed by atoms with Crippen molar-refractivity contribution in [3.63, 3.8) is 0 Å². The number of carbonyl (C=O) groups excluding carboxylic acids is 1. The third-order valence-electron chi connectivity index (χ3n) is 5.31. The van der Waals surface area contributed by atoms with E-state index in [1.165, 1.54) is 0 Å². The number of carbonyl (C=O) groups is 1. The van der Waals surface area contributed by atoms with Gasteiger partial charge in [-0.2, -0.15) is 0 Å². The van der Waals surface area contributed by atoms with Gasteiger partial charge in [0, 0.05) is 37.3 Å². The molecule has 0 radical (unpaired) electrons. The number of aryl methyl sites for hydroxylation is 3. The molecule has 0 unspecified atom stereocenters. The van der Waals surface area contributed by atoms with Gasteiger partial charge in [-0.3, -0.25) is 4.79 Å². The molecule has 1 amide bonds. The van der Waals surface area contributed by atoms with E-state index in [9.17, 15) is 4.79 Å². The average molecular weight is 348 g/mol. The van der Waals surface area contributed by atoms with Crippen LogP contribution in [-0.2, 0) is 6.54 Å². The molecule has 2 aromatic heterocycles. The molecule has 1 aromatic carbocycles. The van der Waals surface area contributed by atoms with Crippen LogP contribution in [0.15, 0.2) is 36.5 Å². The molecule has 1 atom stereocenters. The number of likely N-dealkylation sites (tertiary alicyclic amines) is 1. The number of aromatic nitrogens is 3. The van der Waals surface area contributed by atoms with Crippen molar-refractivity contribution in [2.75, 3.05) is 13.1 Å². The standard InChI is InChI=1S/C21H24N4O/c1-4-25-19(23-18-6-5-10-22-20(18)25)16-9-11-24(13-16)21(26)17-12-14(2)7-8-15(17)3/h5-8,10,12,16H,4,9,11,13H2,1-3H3/t16-/m1/s1. The third-order valence-corrected chi connectivity index (χ3v) is 5.31. The van der Waals surface area contributed by atoms with Crippen LogP contribution in [0.2, 0.25) is 0 Å². The maximum absolute atomic E-state index is 13.0. The highest BCUT2D eigenvalue weighted by Crippen LogP contribution is 2.30. The molecule has 1 fully saturated rings. The fourth-order valence-electron chi connectivity index (χ4n) is 3.89. The lowest BCUT2D eigenvalue weighted by atomic mass is 10.0. The van der Waals surface area contributed by atoms with Crippen molar-refractivity contribution in [3.05, 3.63) is 59.0 Å². The van der Waals surface area contributed by atoms with Crippen molar-refractivity contribution in [3.8, 4) is 0 Å². The Morgan fingerprint density at radius 2 is 2.12 bits per heavy atom. The number of rotatable bonds is 3. The summed E-state index contributed by atoms with van der Waals surface area (Å²) >= 11 is 0. The molecule has 0 bridgehead atoms. The Balaban J connectivity index is 1.61. The summed E-state index contributed by atoms with van der Waals surface area (Å²) in [7, 11) is 0. The molecule has 1 saturated heterocycles. The molecule has 0 saturated carbocycles. The Hall–Kier alpha value is -2.69. The average Bonchev–Trinajstić information content (AvgIpc) is 3.27. The smallest absolute Gasteiger partial charge is 0.254 e. The topological polar surface area (TPSA) is 51.0 Å². The van der Waals surface area contributed by atoms with Crippen LogP contribution in [0.4, 0.5) is 0 Å². The summed E-state index contributed by atoms with van der Waals surface area (Å²) in [6.07, 6.45) is 2.75. The minimum Gasteiger partial charge on any atom is -0.338 e. The first-order valence-corrected chi connectivity index (χ1v) is 9.26. The summed E-state index contributed by atoms with van der Waals surface area (Å²) in [5, 5.41) is 0. The van der Waals surface area contributed by atoms with Crippen LogP contribution < -0.4 is 0 Å². The van der Waals surface area contributed by atoms with E-state index >= 15 is 0 Å². The highest BCUT2D eigenvalue weighted by Gasteiger charge is 2.31. The van der Waals surface area contributed by atoms with Crippen molar-refractivity contribution in [1.29, 1.82) is 0 Å². The van der Waals surface area contributed by atoms with Crippen molar-refractivity contribution < 1.29 is 4.79 Å². The molecular weight excluding hydrogens is 324 g/mol. The van der Waals surface area contributed by atoms with Crippen molar-refractivity contribution in [2.45, 2.75) is 39.7 Å². The van der Waals surface area contributed by atoms with Gasteiger partial charge in [-0.05, 0) is 51.0 Å². The van der Waals surface area contributed by atoms with Gasteiger partial charge in [-0.25, -0.2) is 9.97 Å². The number of fused-ring (bicyclic) bond motifs is 1. The SMILES string of the molecule is CCn1c([C@@H]2CCN(C(=O)c3cc(C)ccc3C)C2)nc2cccnc21. The summed E-state index contributed by atoms with van der Waals surface area (Å²) in [4.78, 5) is 24.3. The largest absolute Gasteiger partial charge is 0.338 e. The van der Waals surface area contributed by atoms with E-state index in [1.54, 1.807) is 0 Å². The van der Waals surface area contributed by atoms with Crippen LogP contribution in [0.25, 0.3) is 11.2 Å². The Morgan fingerprint density at radius 3 is 2.92 bits per heavy atom. The first-order valence-electron chi connectivity index (χ1n) is 9.26. The van der Waals surface area contributed by atoms with Crippen LogP contribution >= 0.6 is 0 Å². The van der Waals surface area contributed by atoms with Gasteiger partial charge in [0.05, 0.1) is 0 Å². The lowest BCUT2D eigenvalue weighted by molar-refractivity contribution is 0.0789. The molecule has 0 spiro atoms. The zero-order valence-electron chi connectivity index (χ0n) is 15.6. The Labute approximate surface area is 153 Å². The number of hydrogen-bond acceptors (Lipinski definition) is 3. The molecule has 3 aromatic rings. The molecular formula is C21H24N4O.